The van der Waals surface area contributed by atoms with E-state index in [2.05, 4.69) is 6.07 Å². The van der Waals surface area contributed by atoms with Crippen molar-refractivity contribution in [3.8, 4) is 6.07 Å². The maximum Gasteiger partial charge on any atom is 0.319 e. The largest absolute Gasteiger partial charge is 0.331 e. The van der Waals surface area contributed by atoms with E-state index in [0.717, 1.165) is 38.5 Å². The van der Waals surface area contributed by atoms with Crippen LogP contribution in [0.4, 0.5) is 4.79 Å². The summed E-state index contributed by atoms with van der Waals surface area (Å²) in [5.41, 5.74) is 6.39. The fourth-order valence-corrected chi connectivity index (χ4v) is 5.32. The van der Waals surface area contributed by atoms with Crippen LogP contribution in [0.25, 0.3) is 0 Å². The number of carbonyl (C=O) groups excluding carboxylic acids is 2. The molecule has 0 aromatic heterocycles. The van der Waals surface area contributed by atoms with Crippen LogP contribution in [-0.4, -0.2) is 70.9 Å². The van der Waals surface area contributed by atoms with E-state index in [-0.39, 0.29) is 42.0 Å². The number of fused-ring (bicyclic) bond motifs is 3. The molecule has 3 unspecified atom stereocenters. The van der Waals surface area contributed by atoms with Crippen molar-refractivity contribution in [3.63, 3.8) is 0 Å². The van der Waals surface area contributed by atoms with E-state index in [0.29, 0.717) is 5.92 Å². The molecule has 7 nitrogen and oxygen atoms in total. The monoisotopic (exact) mass is 345 g/mol. The fourth-order valence-electron chi connectivity index (χ4n) is 5.32. The summed E-state index contributed by atoms with van der Waals surface area (Å²) < 4.78 is 0. The van der Waals surface area contributed by atoms with Crippen molar-refractivity contribution in [3.05, 3.63) is 0 Å². The first-order valence-electron chi connectivity index (χ1n) is 9.39. The van der Waals surface area contributed by atoms with Crippen molar-refractivity contribution in [2.24, 2.45) is 17.6 Å². The van der Waals surface area contributed by atoms with Crippen LogP contribution in [0.5, 0.6) is 0 Å². The molecule has 25 heavy (non-hydrogen) atoms. The molecule has 4 aliphatic rings. The van der Waals surface area contributed by atoms with Crippen LogP contribution in [-0.2, 0) is 4.79 Å². The van der Waals surface area contributed by atoms with Gasteiger partial charge in [-0.25, -0.2) is 4.79 Å². The van der Waals surface area contributed by atoms with Crippen LogP contribution in [0.15, 0.2) is 0 Å². The van der Waals surface area contributed by atoms with Crippen molar-refractivity contribution in [1.29, 1.82) is 5.26 Å². The quantitative estimate of drug-likeness (QED) is 0.799. The highest BCUT2D eigenvalue weighted by molar-refractivity contribution is 5.84. The molecule has 6 atom stereocenters. The van der Waals surface area contributed by atoms with E-state index in [9.17, 15) is 14.9 Å². The molecule has 4 fully saturated rings. The van der Waals surface area contributed by atoms with E-state index in [1.54, 1.807) is 23.9 Å². The number of carbonyl (C=O) groups is 2. The van der Waals surface area contributed by atoms with Gasteiger partial charge in [-0.3, -0.25) is 4.79 Å². The minimum Gasteiger partial charge on any atom is -0.331 e. The highest BCUT2D eigenvalue weighted by Crippen LogP contribution is 2.48. The van der Waals surface area contributed by atoms with Gasteiger partial charge in [-0.1, -0.05) is 0 Å². The van der Waals surface area contributed by atoms with E-state index >= 15 is 0 Å². The molecule has 0 radical (unpaired) electrons. The molecule has 2 bridgehead atoms. The zero-order valence-electron chi connectivity index (χ0n) is 15.0. The molecule has 0 spiro atoms. The normalized spacial score (nSPS) is 39.6. The average molecular weight is 345 g/mol. The number of hydrogen-bond donors (Lipinski definition) is 1. The lowest BCUT2D eigenvalue weighted by Crippen LogP contribution is -2.56. The molecule has 3 amide bonds. The Labute approximate surface area is 148 Å². The highest BCUT2D eigenvalue weighted by Gasteiger charge is 2.56. The average Bonchev–Trinajstić information content (AvgIpc) is 3.19. The molecule has 3 heterocycles. The summed E-state index contributed by atoms with van der Waals surface area (Å²) in [6.45, 7) is 0. The van der Waals surface area contributed by atoms with Crippen LogP contribution >= 0.6 is 0 Å². The molecule has 2 N–H and O–H groups in total. The SMILES string of the molecule is CN(C)C(=O)N1C2CCC1CC(C(N)C(=O)N1[C@H](C#N)C[C@@H]3C[C@@H]31)C2. The van der Waals surface area contributed by atoms with Crippen LogP contribution in [0.1, 0.15) is 38.5 Å². The lowest BCUT2D eigenvalue weighted by atomic mass is 9.84. The fraction of sp³-hybridized carbons (Fsp3) is 0.833. The Bertz CT molecular complexity index is 615. The minimum atomic E-state index is -0.546. The third-order valence-corrected chi connectivity index (χ3v) is 6.67. The maximum absolute atomic E-state index is 13.0. The number of nitrogens with two attached hydrogens (primary N) is 1. The molecule has 1 saturated carbocycles. The summed E-state index contributed by atoms with van der Waals surface area (Å²) in [7, 11) is 3.56. The molecule has 3 saturated heterocycles. The van der Waals surface area contributed by atoms with Gasteiger partial charge in [0.15, 0.2) is 0 Å². The molecular formula is C18H27N5O2. The summed E-state index contributed by atoms with van der Waals surface area (Å²) in [4.78, 5) is 30.8. The molecule has 1 aliphatic carbocycles. The molecule has 0 aromatic carbocycles. The van der Waals surface area contributed by atoms with Gasteiger partial charge < -0.3 is 20.4 Å². The summed E-state index contributed by atoms with van der Waals surface area (Å²) in [5, 5.41) is 9.32. The van der Waals surface area contributed by atoms with Crippen LogP contribution < -0.4 is 5.73 Å². The maximum atomic E-state index is 13.0. The second kappa shape index (κ2) is 5.87. The topological polar surface area (TPSA) is 93.7 Å². The first-order chi connectivity index (χ1) is 11.9. The minimum absolute atomic E-state index is 0.0478. The predicted molar refractivity (Wildman–Crippen MR) is 91.2 cm³/mol. The molecule has 3 aliphatic heterocycles. The van der Waals surface area contributed by atoms with Gasteiger partial charge in [0, 0.05) is 32.2 Å². The standard InChI is InChI=1S/C18H27N5O2/c1-21(2)18(25)22-12-3-4-13(22)7-11(6-12)16(20)17(24)23-14(9-19)5-10-8-15(10)23/h10-16H,3-8,20H2,1-2H3/t10-,11?,12?,13?,14+,15+,16?/m1/s1. The number of nitrogens with zero attached hydrogens (tertiary/aromatic N) is 4. The van der Waals surface area contributed by atoms with Crippen molar-refractivity contribution in [2.75, 3.05) is 14.1 Å². The smallest absolute Gasteiger partial charge is 0.319 e. The number of hydrogen-bond acceptors (Lipinski definition) is 4. The van der Waals surface area contributed by atoms with Gasteiger partial charge in [0.2, 0.25) is 5.91 Å². The van der Waals surface area contributed by atoms with Gasteiger partial charge in [0.05, 0.1) is 12.1 Å². The van der Waals surface area contributed by atoms with Crippen LogP contribution in [0.2, 0.25) is 0 Å². The first kappa shape index (κ1) is 16.6. The number of urea groups is 1. The Morgan fingerprint density at radius 2 is 1.76 bits per heavy atom. The third kappa shape index (κ3) is 2.58. The Morgan fingerprint density at radius 1 is 1.12 bits per heavy atom. The third-order valence-electron chi connectivity index (χ3n) is 6.67. The highest BCUT2D eigenvalue weighted by atomic mass is 16.2. The second-order valence-electron chi connectivity index (χ2n) is 8.42. The summed E-state index contributed by atoms with van der Waals surface area (Å²) >= 11 is 0. The van der Waals surface area contributed by atoms with Crippen molar-refractivity contribution in [2.45, 2.75) is 68.7 Å². The van der Waals surface area contributed by atoms with Gasteiger partial charge >= 0.3 is 6.03 Å². The van der Waals surface area contributed by atoms with Gasteiger partial charge in [-0.15, -0.1) is 0 Å². The van der Waals surface area contributed by atoms with Crippen molar-refractivity contribution >= 4 is 11.9 Å². The summed E-state index contributed by atoms with van der Waals surface area (Å²) in [6, 6.07) is 2.12. The number of nitriles is 1. The summed E-state index contributed by atoms with van der Waals surface area (Å²) in [6.07, 6.45) is 5.41. The lowest BCUT2D eigenvalue weighted by molar-refractivity contribution is -0.135. The molecular weight excluding hydrogens is 318 g/mol. The van der Waals surface area contributed by atoms with Crippen LogP contribution in [0.3, 0.4) is 0 Å². The van der Waals surface area contributed by atoms with Gasteiger partial charge in [0.25, 0.3) is 0 Å². The number of piperidine rings is 2. The molecule has 136 valence electrons. The molecule has 0 aromatic rings. The predicted octanol–water partition coefficient (Wildman–Crippen LogP) is 0.751. The number of likely N-dealkylation sites (tertiary alicyclic amines) is 1. The van der Waals surface area contributed by atoms with Gasteiger partial charge in [-0.05, 0) is 50.4 Å². The second-order valence-corrected chi connectivity index (χ2v) is 8.42. The van der Waals surface area contributed by atoms with E-state index in [1.165, 1.54) is 0 Å². The molecule has 7 heteroatoms. The number of rotatable bonds is 2. The number of amides is 3. The summed E-state index contributed by atoms with van der Waals surface area (Å²) in [5.74, 6) is 0.568. The van der Waals surface area contributed by atoms with E-state index in [4.69, 9.17) is 5.73 Å². The molecule has 4 rings (SSSR count). The first-order valence-corrected chi connectivity index (χ1v) is 9.39. The van der Waals surface area contributed by atoms with Crippen molar-refractivity contribution < 1.29 is 9.59 Å². The van der Waals surface area contributed by atoms with Gasteiger partial charge in [0.1, 0.15) is 6.04 Å². The zero-order valence-corrected chi connectivity index (χ0v) is 15.0. The van der Waals surface area contributed by atoms with Crippen LogP contribution in [0, 0.1) is 23.2 Å². The Hall–Kier alpha value is -1.81. The van der Waals surface area contributed by atoms with Gasteiger partial charge in [-0.2, -0.15) is 5.26 Å². The Kier molecular flexibility index (Phi) is 3.91. The lowest BCUT2D eigenvalue weighted by Gasteiger charge is -2.42. The van der Waals surface area contributed by atoms with E-state index in [1.807, 2.05) is 4.90 Å². The van der Waals surface area contributed by atoms with Crippen molar-refractivity contribution in [1.82, 2.24) is 14.7 Å². The van der Waals surface area contributed by atoms with E-state index < -0.39 is 6.04 Å². The Balaban J connectivity index is 1.44. The zero-order chi connectivity index (χ0) is 17.9. The Morgan fingerprint density at radius 3 is 2.32 bits per heavy atom.